The van der Waals surface area contributed by atoms with E-state index in [0.717, 1.165) is 16.3 Å². The van der Waals surface area contributed by atoms with E-state index in [2.05, 4.69) is 15.3 Å². The van der Waals surface area contributed by atoms with Gasteiger partial charge in [0.2, 0.25) is 0 Å². The second-order valence-electron chi connectivity index (χ2n) is 5.64. The second-order valence-corrected chi connectivity index (χ2v) is 6.07. The topological polar surface area (TPSA) is 89.6 Å². The van der Waals surface area contributed by atoms with E-state index in [1.54, 1.807) is 12.1 Å². The molecule has 0 spiro atoms. The fourth-order valence-corrected chi connectivity index (χ4v) is 2.61. The largest absolute Gasteiger partial charge is 0.469 e. The first-order valence-corrected chi connectivity index (χ1v) is 8.20. The number of amidine groups is 1. The van der Waals surface area contributed by atoms with E-state index >= 15 is 0 Å². The van der Waals surface area contributed by atoms with E-state index in [4.69, 9.17) is 22.1 Å². The Hall–Kier alpha value is -3.12. The molecule has 3 rings (SSSR count). The normalized spacial score (nSPS) is 11.4. The smallest absolute Gasteiger partial charge is 0.286 e. The molecule has 1 amide bonds. The van der Waals surface area contributed by atoms with Crippen molar-refractivity contribution in [3.63, 3.8) is 0 Å². The molecule has 2 aromatic carbocycles. The van der Waals surface area contributed by atoms with E-state index < -0.39 is 0 Å². The number of hydrogen-bond donors (Lipinski definition) is 2. The van der Waals surface area contributed by atoms with Crippen molar-refractivity contribution in [1.29, 1.82) is 0 Å². The SMILES string of the molecule is CO/C(N)=N\c1c(C)ccc2ccc(NC(=O)c3ccc(Cl)cn3)cc12. The zero-order valence-corrected chi connectivity index (χ0v) is 15.0. The lowest BCUT2D eigenvalue weighted by Gasteiger charge is -2.10. The maximum atomic E-state index is 12.4. The van der Waals surface area contributed by atoms with Crippen LogP contribution in [0, 0.1) is 6.92 Å². The number of aryl methyl sites for hydroxylation is 1. The molecule has 0 atom stereocenters. The highest BCUT2D eigenvalue weighted by molar-refractivity contribution is 6.30. The standard InChI is InChI=1S/C19H17ClN4O2/c1-11-3-4-12-5-7-14(9-15(12)17(11)24-19(21)26-2)23-18(25)16-8-6-13(20)10-22-16/h3-10H,1-2H3,(H2,21,24)(H,23,25). The minimum atomic E-state index is -0.324. The highest BCUT2D eigenvalue weighted by atomic mass is 35.5. The number of nitrogens with one attached hydrogen (secondary N) is 1. The Kier molecular flexibility index (Phi) is 5.04. The molecule has 132 valence electrons. The van der Waals surface area contributed by atoms with Gasteiger partial charge < -0.3 is 15.8 Å². The van der Waals surface area contributed by atoms with Crippen LogP contribution in [0.3, 0.4) is 0 Å². The number of halogens is 1. The van der Waals surface area contributed by atoms with Crippen molar-refractivity contribution >= 4 is 45.7 Å². The second kappa shape index (κ2) is 7.41. The molecule has 0 bridgehead atoms. The van der Waals surface area contributed by atoms with Gasteiger partial charge in [-0.3, -0.25) is 4.79 Å². The lowest BCUT2D eigenvalue weighted by molar-refractivity contribution is 0.102. The van der Waals surface area contributed by atoms with Gasteiger partial charge in [0.25, 0.3) is 11.9 Å². The number of benzene rings is 2. The molecule has 0 aliphatic carbocycles. The number of carbonyl (C=O) groups excluding carboxylic acids is 1. The van der Waals surface area contributed by atoms with E-state index in [-0.39, 0.29) is 17.6 Å². The molecule has 0 fully saturated rings. The van der Waals surface area contributed by atoms with Gasteiger partial charge in [0.05, 0.1) is 17.8 Å². The first-order valence-electron chi connectivity index (χ1n) is 7.82. The molecular weight excluding hydrogens is 352 g/mol. The van der Waals surface area contributed by atoms with Crippen molar-refractivity contribution < 1.29 is 9.53 Å². The molecule has 3 aromatic rings. The number of pyridine rings is 1. The summed E-state index contributed by atoms with van der Waals surface area (Å²) < 4.78 is 4.96. The Bertz CT molecular complexity index is 1000. The summed E-state index contributed by atoms with van der Waals surface area (Å²) in [7, 11) is 1.46. The summed E-state index contributed by atoms with van der Waals surface area (Å²) in [6.45, 7) is 1.93. The van der Waals surface area contributed by atoms with Crippen LogP contribution in [0.4, 0.5) is 11.4 Å². The van der Waals surface area contributed by atoms with Crippen molar-refractivity contribution in [3.05, 3.63) is 64.9 Å². The third kappa shape index (κ3) is 3.75. The van der Waals surface area contributed by atoms with Crippen LogP contribution in [-0.2, 0) is 4.74 Å². The van der Waals surface area contributed by atoms with Crippen molar-refractivity contribution in [2.45, 2.75) is 6.92 Å². The van der Waals surface area contributed by atoms with Gasteiger partial charge in [0.1, 0.15) is 5.69 Å². The monoisotopic (exact) mass is 368 g/mol. The van der Waals surface area contributed by atoms with Crippen LogP contribution < -0.4 is 11.1 Å². The number of aliphatic imine (C=N–C) groups is 1. The summed E-state index contributed by atoms with van der Waals surface area (Å²) >= 11 is 5.80. The number of carbonyl (C=O) groups is 1. The molecule has 0 radical (unpaired) electrons. The Morgan fingerprint density at radius 3 is 2.69 bits per heavy atom. The fourth-order valence-electron chi connectivity index (χ4n) is 2.50. The van der Waals surface area contributed by atoms with Crippen molar-refractivity contribution in [1.82, 2.24) is 4.98 Å². The first kappa shape index (κ1) is 17.7. The van der Waals surface area contributed by atoms with Crippen LogP contribution in [0.5, 0.6) is 0 Å². The summed E-state index contributed by atoms with van der Waals surface area (Å²) in [6, 6.07) is 12.8. The number of anilines is 1. The summed E-state index contributed by atoms with van der Waals surface area (Å²) in [5.74, 6) is -0.324. The van der Waals surface area contributed by atoms with Gasteiger partial charge in [-0.2, -0.15) is 4.99 Å². The Morgan fingerprint density at radius 2 is 2.00 bits per heavy atom. The highest BCUT2D eigenvalue weighted by Gasteiger charge is 2.10. The summed E-state index contributed by atoms with van der Waals surface area (Å²) in [4.78, 5) is 20.7. The van der Waals surface area contributed by atoms with E-state index in [9.17, 15) is 4.79 Å². The zero-order valence-electron chi connectivity index (χ0n) is 14.3. The summed E-state index contributed by atoms with van der Waals surface area (Å²) in [6.07, 6.45) is 1.43. The number of methoxy groups -OCH3 is 1. The van der Waals surface area contributed by atoms with Gasteiger partial charge in [-0.05, 0) is 42.1 Å². The third-order valence-corrected chi connectivity index (χ3v) is 4.07. The number of nitrogens with two attached hydrogens (primary N) is 1. The van der Waals surface area contributed by atoms with Crippen LogP contribution in [-0.4, -0.2) is 24.0 Å². The van der Waals surface area contributed by atoms with Gasteiger partial charge in [0, 0.05) is 17.3 Å². The number of aromatic nitrogens is 1. The van der Waals surface area contributed by atoms with Crippen molar-refractivity contribution in [2.75, 3.05) is 12.4 Å². The number of ether oxygens (including phenoxy) is 1. The molecule has 0 saturated heterocycles. The average Bonchev–Trinajstić information content (AvgIpc) is 2.64. The summed E-state index contributed by atoms with van der Waals surface area (Å²) in [5.41, 5.74) is 8.25. The Morgan fingerprint density at radius 1 is 1.23 bits per heavy atom. The molecule has 0 aliphatic rings. The quantitative estimate of drug-likeness (QED) is 0.539. The molecule has 1 aromatic heterocycles. The fraction of sp³-hybridized carbons (Fsp3) is 0.105. The van der Waals surface area contributed by atoms with Gasteiger partial charge in [0.15, 0.2) is 0 Å². The molecule has 0 aliphatic heterocycles. The highest BCUT2D eigenvalue weighted by Crippen LogP contribution is 2.32. The minimum absolute atomic E-state index is 0.0698. The average molecular weight is 369 g/mol. The first-order chi connectivity index (χ1) is 12.5. The summed E-state index contributed by atoms with van der Waals surface area (Å²) in [5, 5.41) is 5.13. The minimum Gasteiger partial charge on any atom is -0.469 e. The predicted molar refractivity (Wildman–Crippen MR) is 104 cm³/mol. The number of fused-ring (bicyclic) bond motifs is 1. The number of hydrogen-bond acceptors (Lipinski definition) is 4. The molecule has 0 saturated carbocycles. The van der Waals surface area contributed by atoms with Crippen LogP contribution >= 0.6 is 11.6 Å². The molecule has 26 heavy (non-hydrogen) atoms. The maximum Gasteiger partial charge on any atom is 0.286 e. The molecular formula is C19H17ClN4O2. The number of nitrogens with zero attached hydrogens (tertiary/aromatic N) is 2. The molecule has 3 N–H and O–H groups in total. The predicted octanol–water partition coefficient (Wildman–Crippen LogP) is 4.04. The van der Waals surface area contributed by atoms with Crippen molar-refractivity contribution in [3.8, 4) is 0 Å². The van der Waals surface area contributed by atoms with Crippen LogP contribution in [0.15, 0.2) is 53.7 Å². The molecule has 7 heteroatoms. The van der Waals surface area contributed by atoms with E-state index in [0.29, 0.717) is 16.4 Å². The van der Waals surface area contributed by atoms with Gasteiger partial charge in [-0.1, -0.05) is 29.8 Å². The maximum absolute atomic E-state index is 12.4. The lowest BCUT2D eigenvalue weighted by atomic mass is 10.0. The molecule has 0 unspecified atom stereocenters. The Balaban J connectivity index is 1.99. The molecule has 6 nitrogen and oxygen atoms in total. The van der Waals surface area contributed by atoms with Gasteiger partial charge in [-0.15, -0.1) is 0 Å². The number of rotatable bonds is 3. The van der Waals surface area contributed by atoms with Gasteiger partial charge in [-0.25, -0.2) is 4.98 Å². The lowest BCUT2D eigenvalue weighted by Crippen LogP contribution is -2.13. The number of amides is 1. The molecule has 1 heterocycles. The van der Waals surface area contributed by atoms with Gasteiger partial charge >= 0.3 is 0 Å². The van der Waals surface area contributed by atoms with Crippen LogP contribution in [0.25, 0.3) is 10.8 Å². The van der Waals surface area contributed by atoms with Crippen LogP contribution in [0.2, 0.25) is 5.02 Å². The van der Waals surface area contributed by atoms with Crippen LogP contribution in [0.1, 0.15) is 16.1 Å². The van der Waals surface area contributed by atoms with Crippen molar-refractivity contribution in [2.24, 2.45) is 10.7 Å². The Labute approximate surface area is 155 Å². The van der Waals surface area contributed by atoms with E-state index in [1.807, 2.05) is 37.3 Å². The zero-order chi connectivity index (χ0) is 18.7. The third-order valence-electron chi connectivity index (χ3n) is 3.84. The van der Waals surface area contributed by atoms with E-state index in [1.165, 1.54) is 13.3 Å².